The van der Waals surface area contributed by atoms with Crippen LogP contribution in [-0.2, 0) is 19.1 Å². The molecule has 2 heterocycles. The van der Waals surface area contributed by atoms with Gasteiger partial charge in [-0.3, -0.25) is 19.3 Å². The van der Waals surface area contributed by atoms with E-state index in [2.05, 4.69) is 0 Å². The molecular weight excluding hydrogens is 340 g/mol. The van der Waals surface area contributed by atoms with Crippen LogP contribution in [0.4, 0.5) is 5.69 Å². The molecule has 1 aromatic rings. The van der Waals surface area contributed by atoms with Gasteiger partial charge in [-0.05, 0) is 25.5 Å². The highest BCUT2D eigenvalue weighted by atomic mass is 16.5. The van der Waals surface area contributed by atoms with Crippen LogP contribution in [0.15, 0.2) is 24.3 Å². The molecule has 0 aliphatic carbocycles. The number of hydrogen-bond donors (Lipinski definition) is 1. The van der Waals surface area contributed by atoms with Crippen molar-refractivity contribution < 1.29 is 29.0 Å². The molecule has 0 aromatic heterocycles. The molecule has 1 saturated heterocycles. The molecule has 140 valence electrons. The Labute approximate surface area is 151 Å². The summed E-state index contributed by atoms with van der Waals surface area (Å²) in [7, 11) is 1.54. The smallest absolute Gasteiger partial charge is 0.305 e. The SMILES string of the molecule is COC1CC(CC(=O)O)N(C(=O)CN2C(=O)C(C)Oc3ccccc32)C1. The summed E-state index contributed by atoms with van der Waals surface area (Å²) in [5.41, 5.74) is 0.543. The van der Waals surface area contributed by atoms with Crippen molar-refractivity contribution in [2.75, 3.05) is 25.1 Å². The Kier molecular flexibility index (Phi) is 5.13. The van der Waals surface area contributed by atoms with Gasteiger partial charge in [0, 0.05) is 19.7 Å². The van der Waals surface area contributed by atoms with E-state index in [1.54, 1.807) is 38.3 Å². The molecule has 3 atom stereocenters. The average Bonchev–Trinajstić information content (AvgIpc) is 3.01. The van der Waals surface area contributed by atoms with E-state index >= 15 is 0 Å². The number of likely N-dealkylation sites (tertiary alicyclic amines) is 1. The lowest BCUT2D eigenvalue weighted by molar-refractivity contribution is -0.140. The van der Waals surface area contributed by atoms with Crippen molar-refractivity contribution >= 4 is 23.5 Å². The van der Waals surface area contributed by atoms with Crippen molar-refractivity contribution in [2.45, 2.75) is 38.0 Å². The van der Waals surface area contributed by atoms with Crippen LogP contribution in [0.25, 0.3) is 0 Å². The topological polar surface area (TPSA) is 96.4 Å². The second-order valence-corrected chi connectivity index (χ2v) is 6.54. The van der Waals surface area contributed by atoms with Gasteiger partial charge in [-0.15, -0.1) is 0 Å². The maximum absolute atomic E-state index is 12.9. The quantitative estimate of drug-likeness (QED) is 0.836. The predicted octanol–water partition coefficient (Wildman–Crippen LogP) is 0.891. The van der Waals surface area contributed by atoms with E-state index in [1.165, 1.54) is 9.80 Å². The van der Waals surface area contributed by atoms with Gasteiger partial charge in [-0.1, -0.05) is 12.1 Å². The lowest BCUT2D eigenvalue weighted by Crippen LogP contribution is -2.50. The molecule has 0 radical (unpaired) electrons. The van der Waals surface area contributed by atoms with E-state index in [4.69, 9.17) is 14.6 Å². The summed E-state index contributed by atoms with van der Waals surface area (Å²) in [5, 5.41) is 9.10. The number of hydrogen-bond acceptors (Lipinski definition) is 5. The van der Waals surface area contributed by atoms with E-state index in [-0.39, 0.29) is 30.9 Å². The van der Waals surface area contributed by atoms with Crippen LogP contribution < -0.4 is 9.64 Å². The molecule has 3 unspecified atom stereocenters. The number of methoxy groups -OCH3 is 1. The van der Waals surface area contributed by atoms with Crippen molar-refractivity contribution in [3.63, 3.8) is 0 Å². The Bertz CT molecular complexity index is 721. The number of anilines is 1. The standard InChI is InChI=1S/C18H22N2O6/c1-11-18(24)20(14-5-3-4-6-15(14)26-11)10-16(21)19-9-13(25-2)7-12(19)8-17(22)23/h3-6,11-13H,7-10H2,1-2H3,(H,22,23). The summed E-state index contributed by atoms with van der Waals surface area (Å²) >= 11 is 0. The molecule has 0 spiro atoms. The van der Waals surface area contributed by atoms with E-state index in [0.29, 0.717) is 24.4 Å². The number of ether oxygens (including phenoxy) is 2. The van der Waals surface area contributed by atoms with Crippen LogP contribution in [0.5, 0.6) is 5.75 Å². The molecule has 0 saturated carbocycles. The first-order valence-corrected chi connectivity index (χ1v) is 8.51. The molecule has 8 nitrogen and oxygen atoms in total. The van der Waals surface area contributed by atoms with Gasteiger partial charge in [0.2, 0.25) is 5.91 Å². The molecule has 2 aliphatic rings. The zero-order valence-corrected chi connectivity index (χ0v) is 14.8. The fourth-order valence-electron chi connectivity index (χ4n) is 3.49. The summed E-state index contributed by atoms with van der Waals surface area (Å²) < 4.78 is 10.9. The molecule has 1 fully saturated rings. The molecule has 2 aliphatic heterocycles. The molecule has 2 amide bonds. The van der Waals surface area contributed by atoms with E-state index in [9.17, 15) is 14.4 Å². The highest BCUT2D eigenvalue weighted by Gasteiger charge is 2.39. The largest absolute Gasteiger partial charge is 0.481 e. The number of amides is 2. The number of carbonyl (C=O) groups excluding carboxylic acids is 2. The average molecular weight is 362 g/mol. The number of carbonyl (C=O) groups is 3. The zero-order valence-electron chi connectivity index (χ0n) is 14.8. The second kappa shape index (κ2) is 7.33. The fraction of sp³-hybridized carbons (Fsp3) is 0.500. The van der Waals surface area contributed by atoms with Gasteiger partial charge < -0.3 is 19.5 Å². The van der Waals surface area contributed by atoms with Crippen molar-refractivity contribution in [3.05, 3.63) is 24.3 Å². The summed E-state index contributed by atoms with van der Waals surface area (Å²) in [5.74, 6) is -1.01. The predicted molar refractivity (Wildman–Crippen MR) is 92.1 cm³/mol. The molecule has 0 bridgehead atoms. The van der Waals surface area contributed by atoms with Crippen LogP contribution in [0.1, 0.15) is 19.8 Å². The van der Waals surface area contributed by atoms with Crippen LogP contribution >= 0.6 is 0 Å². The zero-order chi connectivity index (χ0) is 18.8. The lowest BCUT2D eigenvalue weighted by Gasteiger charge is -2.34. The summed E-state index contributed by atoms with van der Waals surface area (Å²) in [4.78, 5) is 39.4. The molecule has 1 N–H and O–H groups in total. The molecule has 8 heteroatoms. The lowest BCUT2D eigenvalue weighted by atomic mass is 10.1. The van der Waals surface area contributed by atoms with E-state index < -0.39 is 18.1 Å². The molecular formula is C18H22N2O6. The van der Waals surface area contributed by atoms with Crippen LogP contribution in [0.3, 0.4) is 0 Å². The third kappa shape index (κ3) is 3.50. The number of fused-ring (bicyclic) bond motifs is 1. The van der Waals surface area contributed by atoms with Crippen molar-refractivity contribution in [1.29, 1.82) is 0 Å². The van der Waals surface area contributed by atoms with E-state index in [1.807, 2.05) is 0 Å². The Morgan fingerprint density at radius 1 is 1.35 bits per heavy atom. The summed E-state index contributed by atoms with van der Waals surface area (Å²) in [6.07, 6.45) is -0.554. The maximum atomic E-state index is 12.9. The minimum atomic E-state index is -0.967. The third-order valence-corrected chi connectivity index (χ3v) is 4.81. The summed E-state index contributed by atoms with van der Waals surface area (Å²) in [6, 6.07) is 6.61. The number of benzene rings is 1. The first kappa shape index (κ1) is 18.2. The molecule has 1 aromatic carbocycles. The number of aliphatic carboxylic acids is 1. The number of rotatable bonds is 5. The van der Waals surface area contributed by atoms with Gasteiger partial charge in [-0.25, -0.2) is 0 Å². The van der Waals surface area contributed by atoms with Crippen LogP contribution in [0, 0.1) is 0 Å². The van der Waals surface area contributed by atoms with Crippen molar-refractivity contribution in [1.82, 2.24) is 4.90 Å². The number of para-hydroxylation sites is 2. The number of carboxylic acids is 1. The Balaban J connectivity index is 1.80. The second-order valence-electron chi connectivity index (χ2n) is 6.54. The fourth-order valence-corrected chi connectivity index (χ4v) is 3.49. The first-order chi connectivity index (χ1) is 12.4. The number of carboxylic acid groups (broad SMARTS) is 1. The van der Waals surface area contributed by atoms with Crippen molar-refractivity contribution in [2.24, 2.45) is 0 Å². The van der Waals surface area contributed by atoms with Gasteiger partial charge in [0.25, 0.3) is 5.91 Å². The Hall–Kier alpha value is -2.61. The monoisotopic (exact) mass is 362 g/mol. The number of nitrogens with zero attached hydrogens (tertiary/aromatic N) is 2. The summed E-state index contributed by atoms with van der Waals surface area (Å²) in [6.45, 7) is 1.80. The van der Waals surface area contributed by atoms with Crippen LogP contribution in [-0.4, -0.2) is 66.2 Å². The molecule has 3 rings (SSSR count). The van der Waals surface area contributed by atoms with Gasteiger partial charge in [0.1, 0.15) is 12.3 Å². The van der Waals surface area contributed by atoms with Gasteiger partial charge >= 0.3 is 5.97 Å². The normalized spacial score (nSPS) is 25.0. The third-order valence-electron chi connectivity index (χ3n) is 4.81. The van der Waals surface area contributed by atoms with Gasteiger partial charge in [0.05, 0.1) is 18.2 Å². The maximum Gasteiger partial charge on any atom is 0.305 e. The van der Waals surface area contributed by atoms with Gasteiger partial charge in [-0.2, -0.15) is 0 Å². The highest BCUT2D eigenvalue weighted by molar-refractivity contribution is 6.03. The van der Waals surface area contributed by atoms with Crippen LogP contribution in [0.2, 0.25) is 0 Å². The first-order valence-electron chi connectivity index (χ1n) is 8.51. The Morgan fingerprint density at radius 2 is 2.08 bits per heavy atom. The minimum Gasteiger partial charge on any atom is -0.481 e. The Morgan fingerprint density at radius 3 is 2.77 bits per heavy atom. The minimum absolute atomic E-state index is 0.143. The highest BCUT2D eigenvalue weighted by Crippen LogP contribution is 2.34. The van der Waals surface area contributed by atoms with Crippen molar-refractivity contribution in [3.8, 4) is 5.75 Å². The van der Waals surface area contributed by atoms with Gasteiger partial charge in [0.15, 0.2) is 6.10 Å². The molecule has 26 heavy (non-hydrogen) atoms. The van der Waals surface area contributed by atoms with E-state index in [0.717, 1.165) is 0 Å².